The van der Waals surface area contributed by atoms with Crippen LogP contribution in [0.1, 0.15) is 10.4 Å². The first kappa shape index (κ1) is 14.7. The summed E-state index contributed by atoms with van der Waals surface area (Å²) in [5, 5.41) is 3.11. The average Bonchev–Trinajstić information content (AvgIpc) is 2.36. The summed E-state index contributed by atoms with van der Waals surface area (Å²) in [6.07, 6.45) is 0. The molecule has 6 heteroatoms. The van der Waals surface area contributed by atoms with Crippen LogP contribution in [0.3, 0.4) is 0 Å². The number of halogens is 4. The van der Waals surface area contributed by atoms with E-state index in [2.05, 4.69) is 21.2 Å². The van der Waals surface area contributed by atoms with Crippen LogP contribution in [0.15, 0.2) is 40.9 Å². The molecular formula is C13H7BrClFINO. The molecule has 2 rings (SSSR count). The Morgan fingerprint density at radius 2 is 2.00 bits per heavy atom. The standard InChI is InChI=1S/C13H7BrClFINO/c14-10-3-2-8(6-11(10)16)18-13(19)9-5-7(15)1-4-12(9)17/h1-6H,(H,18,19). The summed E-state index contributed by atoms with van der Waals surface area (Å²) in [5.41, 5.74) is 0.845. The SMILES string of the molecule is O=C(Nc1ccc(Br)c(F)c1)c1cc(Cl)ccc1I. The summed E-state index contributed by atoms with van der Waals surface area (Å²) in [5.74, 6) is -0.757. The number of nitrogens with one attached hydrogen (secondary N) is 1. The minimum absolute atomic E-state index is 0.325. The van der Waals surface area contributed by atoms with E-state index in [0.717, 1.165) is 3.57 Å². The van der Waals surface area contributed by atoms with Crippen molar-refractivity contribution in [2.24, 2.45) is 0 Å². The molecule has 2 nitrogen and oxygen atoms in total. The van der Waals surface area contributed by atoms with Gasteiger partial charge >= 0.3 is 0 Å². The lowest BCUT2D eigenvalue weighted by Crippen LogP contribution is -2.13. The molecule has 1 N–H and O–H groups in total. The molecule has 0 radical (unpaired) electrons. The van der Waals surface area contributed by atoms with Crippen molar-refractivity contribution in [3.63, 3.8) is 0 Å². The average molecular weight is 454 g/mol. The molecule has 0 atom stereocenters. The van der Waals surface area contributed by atoms with Gasteiger partial charge in [-0.05, 0) is 74.9 Å². The predicted octanol–water partition coefficient (Wildman–Crippen LogP) is 5.10. The van der Waals surface area contributed by atoms with Gasteiger partial charge in [0, 0.05) is 14.3 Å². The van der Waals surface area contributed by atoms with E-state index < -0.39 is 5.82 Å². The molecule has 0 aliphatic rings. The van der Waals surface area contributed by atoms with Crippen LogP contribution in [0.25, 0.3) is 0 Å². The molecule has 98 valence electrons. The van der Waals surface area contributed by atoms with E-state index in [0.29, 0.717) is 20.7 Å². The second kappa shape index (κ2) is 6.19. The van der Waals surface area contributed by atoms with Crippen molar-refractivity contribution < 1.29 is 9.18 Å². The highest BCUT2D eigenvalue weighted by molar-refractivity contribution is 14.1. The highest BCUT2D eigenvalue weighted by atomic mass is 127. The summed E-state index contributed by atoms with van der Waals surface area (Å²) >= 11 is 11.0. The van der Waals surface area contributed by atoms with Crippen molar-refractivity contribution in [1.82, 2.24) is 0 Å². The lowest BCUT2D eigenvalue weighted by molar-refractivity contribution is 0.102. The molecule has 2 aromatic rings. The third-order valence-electron chi connectivity index (χ3n) is 2.35. The van der Waals surface area contributed by atoms with Gasteiger partial charge in [-0.25, -0.2) is 4.39 Å². The van der Waals surface area contributed by atoms with Crippen LogP contribution in [-0.2, 0) is 0 Å². The Hall–Kier alpha value is -0.660. The molecule has 0 saturated carbocycles. The van der Waals surface area contributed by atoms with Gasteiger partial charge in [0.05, 0.1) is 10.0 Å². The minimum Gasteiger partial charge on any atom is -0.322 e. The Morgan fingerprint density at radius 1 is 1.26 bits per heavy atom. The van der Waals surface area contributed by atoms with Crippen LogP contribution in [0.4, 0.5) is 10.1 Å². The zero-order valence-corrected chi connectivity index (χ0v) is 13.9. The molecule has 2 aromatic carbocycles. The molecule has 1 amide bonds. The fraction of sp³-hybridized carbons (Fsp3) is 0. The van der Waals surface area contributed by atoms with E-state index >= 15 is 0 Å². The van der Waals surface area contributed by atoms with Crippen LogP contribution in [0.5, 0.6) is 0 Å². The number of carbonyl (C=O) groups is 1. The van der Waals surface area contributed by atoms with Gasteiger partial charge < -0.3 is 5.32 Å². The Kier molecular flexibility index (Phi) is 4.81. The van der Waals surface area contributed by atoms with Gasteiger partial charge in [0.2, 0.25) is 0 Å². The van der Waals surface area contributed by atoms with Crippen molar-refractivity contribution in [3.8, 4) is 0 Å². The third kappa shape index (κ3) is 3.67. The van der Waals surface area contributed by atoms with Crippen molar-refractivity contribution in [2.75, 3.05) is 5.32 Å². The molecule has 0 unspecified atom stereocenters. The maximum absolute atomic E-state index is 13.4. The van der Waals surface area contributed by atoms with E-state index in [9.17, 15) is 9.18 Å². The molecule has 19 heavy (non-hydrogen) atoms. The maximum Gasteiger partial charge on any atom is 0.256 e. The topological polar surface area (TPSA) is 29.1 Å². The summed E-state index contributed by atoms with van der Waals surface area (Å²) in [6, 6.07) is 9.43. The van der Waals surface area contributed by atoms with E-state index in [-0.39, 0.29) is 5.91 Å². The third-order valence-corrected chi connectivity index (χ3v) is 4.17. The fourth-order valence-electron chi connectivity index (χ4n) is 1.44. The molecule has 0 aliphatic heterocycles. The van der Waals surface area contributed by atoms with Gasteiger partial charge in [0.25, 0.3) is 5.91 Å². The van der Waals surface area contributed by atoms with Crippen LogP contribution >= 0.6 is 50.1 Å². The van der Waals surface area contributed by atoms with Crippen molar-refractivity contribution in [2.45, 2.75) is 0 Å². The molecule has 0 spiro atoms. The summed E-state index contributed by atoms with van der Waals surface area (Å²) < 4.78 is 14.5. The first-order chi connectivity index (χ1) is 8.97. The second-order valence-corrected chi connectivity index (χ2v) is 6.16. The van der Waals surface area contributed by atoms with Crippen LogP contribution in [-0.4, -0.2) is 5.91 Å². The van der Waals surface area contributed by atoms with E-state index in [1.165, 1.54) is 12.1 Å². The fourth-order valence-corrected chi connectivity index (χ4v) is 2.44. The van der Waals surface area contributed by atoms with Crippen molar-refractivity contribution in [3.05, 3.63) is 60.8 Å². The zero-order valence-electron chi connectivity index (χ0n) is 9.38. The van der Waals surface area contributed by atoms with Crippen molar-refractivity contribution in [1.29, 1.82) is 0 Å². The lowest BCUT2D eigenvalue weighted by Gasteiger charge is -2.08. The van der Waals surface area contributed by atoms with Gasteiger partial charge in [0.1, 0.15) is 5.82 Å². The quantitative estimate of drug-likeness (QED) is 0.629. The zero-order chi connectivity index (χ0) is 14.0. The van der Waals surface area contributed by atoms with Gasteiger partial charge in [-0.1, -0.05) is 11.6 Å². The van der Waals surface area contributed by atoms with E-state index in [4.69, 9.17) is 11.6 Å². The molecule has 0 aliphatic carbocycles. The Morgan fingerprint density at radius 3 is 2.68 bits per heavy atom. The minimum atomic E-state index is -0.432. The van der Waals surface area contributed by atoms with Crippen LogP contribution in [0.2, 0.25) is 5.02 Å². The van der Waals surface area contributed by atoms with E-state index in [1.54, 1.807) is 24.3 Å². The van der Waals surface area contributed by atoms with Crippen molar-refractivity contribution >= 4 is 61.7 Å². The first-order valence-electron chi connectivity index (χ1n) is 5.19. The highest BCUT2D eigenvalue weighted by Gasteiger charge is 2.11. The van der Waals surface area contributed by atoms with Crippen LogP contribution in [0, 0.1) is 9.39 Å². The smallest absolute Gasteiger partial charge is 0.256 e. The normalized spacial score (nSPS) is 10.3. The molecule has 0 aromatic heterocycles. The number of anilines is 1. The largest absolute Gasteiger partial charge is 0.322 e. The highest BCUT2D eigenvalue weighted by Crippen LogP contribution is 2.22. The number of amides is 1. The molecule has 0 fully saturated rings. The summed E-state index contributed by atoms with van der Waals surface area (Å²) in [6.45, 7) is 0. The van der Waals surface area contributed by atoms with Gasteiger partial charge in [-0.15, -0.1) is 0 Å². The number of carbonyl (C=O) groups excluding carboxylic acids is 1. The number of hydrogen-bond acceptors (Lipinski definition) is 1. The Bertz CT molecular complexity index is 651. The number of rotatable bonds is 2. The monoisotopic (exact) mass is 453 g/mol. The molecule has 0 bridgehead atoms. The second-order valence-electron chi connectivity index (χ2n) is 3.71. The molecular weight excluding hydrogens is 447 g/mol. The van der Waals surface area contributed by atoms with Crippen LogP contribution < -0.4 is 5.32 Å². The maximum atomic E-state index is 13.4. The lowest BCUT2D eigenvalue weighted by atomic mass is 10.2. The molecule has 0 heterocycles. The molecule has 0 saturated heterocycles. The van der Waals surface area contributed by atoms with Gasteiger partial charge in [-0.2, -0.15) is 0 Å². The van der Waals surface area contributed by atoms with E-state index in [1.807, 2.05) is 22.6 Å². The first-order valence-corrected chi connectivity index (χ1v) is 7.44. The summed E-state index contributed by atoms with van der Waals surface area (Å²) in [7, 11) is 0. The Labute approximate surface area is 136 Å². The summed E-state index contributed by atoms with van der Waals surface area (Å²) in [4.78, 5) is 12.1. The van der Waals surface area contributed by atoms with Gasteiger partial charge in [-0.3, -0.25) is 4.79 Å². The predicted molar refractivity (Wildman–Crippen MR) is 86.2 cm³/mol. The number of benzene rings is 2. The number of hydrogen-bond donors (Lipinski definition) is 1. The Balaban J connectivity index is 2.25. The van der Waals surface area contributed by atoms with Gasteiger partial charge in [0.15, 0.2) is 0 Å².